The quantitative estimate of drug-likeness (QED) is 0.760. The average Bonchev–Trinajstić information content (AvgIpc) is 2.43. The number of nitrogens with zero attached hydrogens (tertiary/aromatic N) is 3. The smallest absolute Gasteiger partial charge is 0.196 e. The Bertz CT molecular complexity index is 681. The second-order valence-corrected chi connectivity index (χ2v) is 6.83. The van der Waals surface area contributed by atoms with Gasteiger partial charge in [0.2, 0.25) is 0 Å². The number of aromatic nitrogens is 3. The molecule has 104 valence electrons. The van der Waals surface area contributed by atoms with Gasteiger partial charge in [0.05, 0.1) is 0 Å². The van der Waals surface area contributed by atoms with E-state index < -0.39 is 0 Å². The van der Waals surface area contributed by atoms with Crippen LogP contribution in [0.25, 0.3) is 0 Å². The molecule has 0 fully saturated rings. The standard InChI is InChI=1S/C13H12Br2N4S/c14-10-4-16-5-11(15)9(10)7-19-2-1-12-8(6-19)3-17-13(20)18-12/h3-5H,1-2,6-7H2,(H,17,18,20). The molecule has 0 bridgehead atoms. The predicted octanol–water partition coefficient (Wildman–Crippen LogP) is 3.62. The van der Waals surface area contributed by atoms with Crippen LogP contribution in [0.4, 0.5) is 0 Å². The van der Waals surface area contributed by atoms with Gasteiger partial charge in [-0.2, -0.15) is 0 Å². The Kier molecular flexibility index (Phi) is 4.30. The molecular weight excluding hydrogens is 404 g/mol. The molecule has 2 aromatic rings. The van der Waals surface area contributed by atoms with Crippen LogP contribution in [0, 0.1) is 4.77 Å². The lowest BCUT2D eigenvalue weighted by atomic mass is 10.1. The highest BCUT2D eigenvalue weighted by atomic mass is 79.9. The van der Waals surface area contributed by atoms with Crippen molar-refractivity contribution in [3.8, 4) is 0 Å². The van der Waals surface area contributed by atoms with E-state index in [-0.39, 0.29) is 0 Å². The molecular formula is C13H12Br2N4S. The molecule has 1 aliphatic rings. The van der Waals surface area contributed by atoms with E-state index in [2.05, 4.69) is 51.7 Å². The van der Waals surface area contributed by atoms with Gasteiger partial charge in [-0.1, -0.05) is 0 Å². The van der Waals surface area contributed by atoms with Gasteiger partial charge in [-0.25, -0.2) is 4.98 Å². The predicted molar refractivity (Wildman–Crippen MR) is 86.9 cm³/mol. The van der Waals surface area contributed by atoms with Crippen molar-refractivity contribution in [2.24, 2.45) is 0 Å². The van der Waals surface area contributed by atoms with E-state index in [0.29, 0.717) is 4.77 Å². The number of fused-ring (bicyclic) bond motifs is 1. The molecule has 3 heterocycles. The third-order valence-corrected chi connectivity index (χ3v) is 4.96. The van der Waals surface area contributed by atoms with Crippen LogP contribution in [0.3, 0.4) is 0 Å². The highest BCUT2D eigenvalue weighted by molar-refractivity contribution is 9.11. The van der Waals surface area contributed by atoms with Crippen LogP contribution in [0.5, 0.6) is 0 Å². The third kappa shape index (κ3) is 3.00. The number of halogens is 2. The second-order valence-electron chi connectivity index (χ2n) is 4.73. The number of rotatable bonds is 2. The van der Waals surface area contributed by atoms with E-state index in [4.69, 9.17) is 12.2 Å². The fourth-order valence-corrected chi connectivity index (χ4v) is 3.71. The van der Waals surface area contributed by atoms with E-state index in [1.165, 1.54) is 16.8 Å². The van der Waals surface area contributed by atoms with Crippen LogP contribution >= 0.6 is 44.1 Å². The summed E-state index contributed by atoms with van der Waals surface area (Å²) >= 11 is 12.2. The molecule has 4 nitrogen and oxygen atoms in total. The number of H-pyrrole nitrogens is 1. The van der Waals surface area contributed by atoms with Crippen molar-refractivity contribution >= 4 is 44.1 Å². The maximum Gasteiger partial charge on any atom is 0.196 e. The van der Waals surface area contributed by atoms with Crippen LogP contribution in [-0.2, 0) is 19.5 Å². The van der Waals surface area contributed by atoms with Gasteiger partial charge >= 0.3 is 0 Å². The molecule has 1 N–H and O–H groups in total. The van der Waals surface area contributed by atoms with Gasteiger partial charge in [0.25, 0.3) is 0 Å². The molecule has 0 saturated heterocycles. The summed E-state index contributed by atoms with van der Waals surface area (Å²) in [4.78, 5) is 13.9. The second kappa shape index (κ2) is 6.01. The number of nitrogens with one attached hydrogen (secondary N) is 1. The Hall–Kier alpha value is -0.630. The van der Waals surface area contributed by atoms with Crippen molar-refractivity contribution in [2.75, 3.05) is 6.54 Å². The maximum absolute atomic E-state index is 5.07. The Morgan fingerprint density at radius 3 is 2.75 bits per heavy atom. The lowest BCUT2D eigenvalue weighted by molar-refractivity contribution is 0.241. The fraction of sp³-hybridized carbons (Fsp3) is 0.308. The van der Waals surface area contributed by atoms with Gasteiger partial charge in [0, 0.05) is 64.8 Å². The van der Waals surface area contributed by atoms with Crippen molar-refractivity contribution in [3.63, 3.8) is 0 Å². The lowest BCUT2D eigenvalue weighted by Crippen LogP contribution is -2.31. The topological polar surface area (TPSA) is 44.8 Å². The Morgan fingerprint density at radius 1 is 1.25 bits per heavy atom. The third-order valence-electron chi connectivity index (χ3n) is 3.39. The maximum atomic E-state index is 5.07. The Morgan fingerprint density at radius 2 is 2.00 bits per heavy atom. The van der Waals surface area contributed by atoms with E-state index in [9.17, 15) is 0 Å². The SMILES string of the molecule is S=c1ncc2c([nH]1)CCN(Cc1c(Br)cncc1Br)C2. The summed E-state index contributed by atoms with van der Waals surface area (Å²) in [7, 11) is 0. The summed E-state index contributed by atoms with van der Waals surface area (Å²) in [5, 5.41) is 0. The number of hydrogen-bond acceptors (Lipinski definition) is 4. The van der Waals surface area contributed by atoms with Crippen molar-refractivity contribution in [1.29, 1.82) is 0 Å². The Balaban J connectivity index is 1.81. The van der Waals surface area contributed by atoms with Crippen LogP contribution in [0.2, 0.25) is 0 Å². The first kappa shape index (κ1) is 14.3. The van der Waals surface area contributed by atoms with Crippen molar-refractivity contribution < 1.29 is 0 Å². The first-order chi connectivity index (χ1) is 9.63. The molecule has 1 aliphatic heterocycles. The molecule has 0 unspecified atom stereocenters. The van der Waals surface area contributed by atoms with Crippen molar-refractivity contribution in [1.82, 2.24) is 19.9 Å². The molecule has 0 aliphatic carbocycles. The van der Waals surface area contributed by atoms with E-state index in [1.54, 1.807) is 0 Å². The zero-order chi connectivity index (χ0) is 14.1. The van der Waals surface area contributed by atoms with E-state index in [0.717, 1.165) is 35.0 Å². The normalized spacial score (nSPS) is 15.1. The summed E-state index contributed by atoms with van der Waals surface area (Å²) in [6, 6.07) is 0. The molecule has 0 aromatic carbocycles. The van der Waals surface area contributed by atoms with Gasteiger partial charge in [-0.05, 0) is 49.6 Å². The molecule has 0 radical (unpaired) electrons. The van der Waals surface area contributed by atoms with Crippen molar-refractivity contribution in [3.05, 3.63) is 49.1 Å². The van der Waals surface area contributed by atoms with Gasteiger partial charge in [-0.15, -0.1) is 0 Å². The zero-order valence-corrected chi connectivity index (χ0v) is 14.6. The van der Waals surface area contributed by atoms with Crippen LogP contribution in [0.1, 0.15) is 16.8 Å². The number of aromatic amines is 1. The molecule has 3 rings (SSSR count). The van der Waals surface area contributed by atoms with Crippen LogP contribution < -0.4 is 0 Å². The highest BCUT2D eigenvalue weighted by Crippen LogP contribution is 2.27. The first-order valence-corrected chi connectivity index (χ1v) is 8.20. The van der Waals surface area contributed by atoms with Gasteiger partial charge in [0.1, 0.15) is 0 Å². The molecule has 7 heteroatoms. The van der Waals surface area contributed by atoms with Gasteiger partial charge < -0.3 is 4.98 Å². The average molecular weight is 416 g/mol. The number of pyridine rings is 1. The molecule has 0 amide bonds. The van der Waals surface area contributed by atoms with Crippen molar-refractivity contribution in [2.45, 2.75) is 19.5 Å². The highest BCUT2D eigenvalue weighted by Gasteiger charge is 2.18. The van der Waals surface area contributed by atoms with Crippen LogP contribution in [-0.4, -0.2) is 26.4 Å². The zero-order valence-electron chi connectivity index (χ0n) is 10.6. The largest absolute Gasteiger partial charge is 0.334 e. The van der Waals surface area contributed by atoms with E-state index in [1.807, 2.05) is 18.6 Å². The summed E-state index contributed by atoms with van der Waals surface area (Å²) < 4.78 is 2.63. The lowest BCUT2D eigenvalue weighted by Gasteiger charge is -2.28. The fourth-order valence-electron chi connectivity index (χ4n) is 2.35. The molecule has 0 spiro atoms. The Labute approximate surface area is 138 Å². The van der Waals surface area contributed by atoms with Crippen LogP contribution in [0.15, 0.2) is 27.5 Å². The van der Waals surface area contributed by atoms with Gasteiger partial charge in [-0.3, -0.25) is 9.88 Å². The summed E-state index contributed by atoms with van der Waals surface area (Å²) in [6.45, 7) is 2.76. The minimum atomic E-state index is 0.567. The van der Waals surface area contributed by atoms with Gasteiger partial charge in [0.15, 0.2) is 4.77 Å². The summed E-state index contributed by atoms with van der Waals surface area (Å²) in [6.07, 6.45) is 6.52. The number of hydrogen-bond donors (Lipinski definition) is 1. The summed E-state index contributed by atoms with van der Waals surface area (Å²) in [5.41, 5.74) is 3.67. The first-order valence-electron chi connectivity index (χ1n) is 6.21. The molecule has 0 atom stereocenters. The summed E-state index contributed by atoms with van der Waals surface area (Å²) in [5.74, 6) is 0. The minimum absolute atomic E-state index is 0.567. The molecule has 0 saturated carbocycles. The van der Waals surface area contributed by atoms with E-state index >= 15 is 0 Å². The molecule has 2 aromatic heterocycles. The molecule has 20 heavy (non-hydrogen) atoms. The minimum Gasteiger partial charge on any atom is -0.334 e. The monoisotopic (exact) mass is 414 g/mol.